The molecule has 4 aromatic rings. The van der Waals surface area contributed by atoms with E-state index in [2.05, 4.69) is 29.9 Å². The van der Waals surface area contributed by atoms with Crippen LogP contribution in [0, 0.1) is 0 Å². The van der Waals surface area contributed by atoms with E-state index >= 15 is 0 Å². The summed E-state index contributed by atoms with van der Waals surface area (Å²) in [5.74, 6) is 0.0940. The minimum atomic E-state index is -0.319. The molecule has 96 valence electrons. The standard InChI is InChI=1S/C13H8N6O/c20-9(12-16-7-3-1-5-14-10(7)18-12)13-17-8-4-2-6-15-11(8)19-13/h1-6H,(H,14,16,18)(H,15,17,19). The average Bonchev–Trinajstić information content (AvgIpc) is 3.10. The summed E-state index contributed by atoms with van der Waals surface area (Å²) in [6.45, 7) is 0. The van der Waals surface area contributed by atoms with Crippen LogP contribution in [0.25, 0.3) is 22.3 Å². The zero-order valence-electron chi connectivity index (χ0n) is 10.2. The van der Waals surface area contributed by atoms with Gasteiger partial charge in [0.1, 0.15) is 0 Å². The predicted molar refractivity (Wildman–Crippen MR) is 71.2 cm³/mol. The lowest BCUT2D eigenvalue weighted by atomic mass is 10.3. The van der Waals surface area contributed by atoms with Crippen LogP contribution in [0.5, 0.6) is 0 Å². The first-order valence-corrected chi connectivity index (χ1v) is 5.97. The van der Waals surface area contributed by atoms with Crippen molar-refractivity contribution in [1.82, 2.24) is 29.9 Å². The highest BCUT2D eigenvalue weighted by atomic mass is 16.1. The molecule has 0 aromatic carbocycles. The Morgan fingerprint density at radius 2 is 1.35 bits per heavy atom. The summed E-state index contributed by atoms with van der Waals surface area (Å²) in [6, 6.07) is 7.18. The van der Waals surface area contributed by atoms with Crippen molar-refractivity contribution in [2.24, 2.45) is 0 Å². The SMILES string of the molecule is O=C(c1nc2ncccc2[nH]1)c1nc2ncccc2[nH]1. The lowest BCUT2D eigenvalue weighted by molar-refractivity contribution is 0.102. The Morgan fingerprint density at radius 1 is 0.850 bits per heavy atom. The summed E-state index contributed by atoms with van der Waals surface area (Å²) in [7, 11) is 0. The Morgan fingerprint density at radius 3 is 1.80 bits per heavy atom. The molecule has 0 fully saturated rings. The summed E-state index contributed by atoms with van der Waals surface area (Å²) in [4.78, 5) is 34.7. The Kier molecular flexibility index (Phi) is 2.13. The zero-order valence-corrected chi connectivity index (χ0v) is 10.2. The lowest BCUT2D eigenvalue weighted by Gasteiger charge is -1.89. The van der Waals surface area contributed by atoms with Crippen molar-refractivity contribution in [2.75, 3.05) is 0 Å². The van der Waals surface area contributed by atoms with Gasteiger partial charge < -0.3 is 9.97 Å². The van der Waals surface area contributed by atoms with E-state index in [-0.39, 0.29) is 17.4 Å². The van der Waals surface area contributed by atoms with E-state index in [9.17, 15) is 4.79 Å². The van der Waals surface area contributed by atoms with Crippen LogP contribution in [0.4, 0.5) is 0 Å². The highest BCUT2D eigenvalue weighted by Gasteiger charge is 2.18. The molecule has 7 heteroatoms. The second kappa shape index (κ2) is 3.95. The van der Waals surface area contributed by atoms with E-state index in [0.29, 0.717) is 22.3 Å². The monoisotopic (exact) mass is 264 g/mol. The van der Waals surface area contributed by atoms with Gasteiger partial charge in [-0.25, -0.2) is 19.9 Å². The number of aromatic nitrogens is 6. The molecule has 0 aliphatic heterocycles. The molecule has 4 rings (SSSR count). The molecule has 0 aliphatic rings. The van der Waals surface area contributed by atoms with Gasteiger partial charge in [-0.2, -0.15) is 0 Å². The molecular formula is C13H8N6O. The van der Waals surface area contributed by atoms with Crippen LogP contribution in [-0.4, -0.2) is 35.7 Å². The number of carbonyl (C=O) groups excluding carboxylic acids is 1. The van der Waals surface area contributed by atoms with Gasteiger partial charge in [0.2, 0.25) is 0 Å². The van der Waals surface area contributed by atoms with Crippen molar-refractivity contribution in [1.29, 1.82) is 0 Å². The number of nitrogens with zero attached hydrogens (tertiary/aromatic N) is 4. The highest BCUT2D eigenvalue weighted by Crippen LogP contribution is 2.13. The molecule has 0 saturated carbocycles. The van der Waals surface area contributed by atoms with Crippen molar-refractivity contribution in [2.45, 2.75) is 0 Å². The van der Waals surface area contributed by atoms with Gasteiger partial charge in [0.25, 0.3) is 5.78 Å². The van der Waals surface area contributed by atoms with Crippen LogP contribution in [0.15, 0.2) is 36.7 Å². The van der Waals surface area contributed by atoms with Crippen LogP contribution in [0.3, 0.4) is 0 Å². The summed E-state index contributed by atoms with van der Waals surface area (Å²) in [6.07, 6.45) is 3.26. The number of pyridine rings is 2. The first-order valence-electron chi connectivity index (χ1n) is 5.97. The first-order chi connectivity index (χ1) is 9.81. The Labute approximate surface area is 112 Å². The molecule has 7 nitrogen and oxygen atoms in total. The molecule has 0 amide bonds. The fourth-order valence-electron chi connectivity index (χ4n) is 2.02. The molecule has 0 bridgehead atoms. The Hall–Kier alpha value is -3.09. The molecular weight excluding hydrogens is 256 g/mol. The van der Waals surface area contributed by atoms with Gasteiger partial charge >= 0.3 is 0 Å². The molecule has 0 spiro atoms. The molecule has 2 N–H and O–H groups in total. The number of hydrogen-bond donors (Lipinski definition) is 2. The van der Waals surface area contributed by atoms with E-state index in [0.717, 1.165) is 0 Å². The maximum absolute atomic E-state index is 12.3. The predicted octanol–water partition coefficient (Wildman–Crippen LogP) is 1.46. The summed E-state index contributed by atoms with van der Waals surface area (Å²) in [5.41, 5.74) is 2.44. The largest absolute Gasteiger partial charge is 0.334 e. The summed E-state index contributed by atoms with van der Waals surface area (Å²) >= 11 is 0. The fourth-order valence-corrected chi connectivity index (χ4v) is 2.02. The number of H-pyrrole nitrogens is 2. The molecule has 4 aromatic heterocycles. The third-order valence-electron chi connectivity index (χ3n) is 2.95. The number of nitrogens with one attached hydrogen (secondary N) is 2. The van der Waals surface area contributed by atoms with Gasteiger partial charge in [-0.3, -0.25) is 4.79 Å². The van der Waals surface area contributed by atoms with Crippen molar-refractivity contribution >= 4 is 28.1 Å². The van der Waals surface area contributed by atoms with Crippen LogP contribution in [-0.2, 0) is 0 Å². The molecule has 0 atom stereocenters. The molecule has 0 saturated heterocycles. The normalized spacial score (nSPS) is 11.2. The van der Waals surface area contributed by atoms with Crippen molar-refractivity contribution in [3.8, 4) is 0 Å². The summed E-state index contributed by atoms with van der Waals surface area (Å²) in [5, 5.41) is 0. The van der Waals surface area contributed by atoms with E-state index in [1.165, 1.54) is 0 Å². The van der Waals surface area contributed by atoms with Gasteiger partial charge in [0.15, 0.2) is 22.9 Å². The third-order valence-corrected chi connectivity index (χ3v) is 2.95. The smallest absolute Gasteiger partial charge is 0.263 e. The summed E-state index contributed by atoms with van der Waals surface area (Å²) < 4.78 is 0. The van der Waals surface area contributed by atoms with Crippen molar-refractivity contribution in [3.05, 3.63) is 48.3 Å². The molecule has 0 aliphatic carbocycles. The third kappa shape index (κ3) is 1.57. The van der Waals surface area contributed by atoms with Gasteiger partial charge in [-0.15, -0.1) is 0 Å². The van der Waals surface area contributed by atoms with Gasteiger partial charge in [0, 0.05) is 12.4 Å². The second-order valence-corrected chi connectivity index (χ2v) is 4.25. The molecule has 20 heavy (non-hydrogen) atoms. The lowest BCUT2D eigenvalue weighted by Crippen LogP contribution is -2.05. The van der Waals surface area contributed by atoms with Gasteiger partial charge in [0.05, 0.1) is 11.0 Å². The number of carbonyl (C=O) groups is 1. The van der Waals surface area contributed by atoms with Gasteiger partial charge in [-0.1, -0.05) is 0 Å². The van der Waals surface area contributed by atoms with Crippen LogP contribution >= 0.6 is 0 Å². The fraction of sp³-hybridized carbons (Fsp3) is 0. The molecule has 0 unspecified atom stereocenters. The van der Waals surface area contributed by atoms with Crippen LogP contribution in [0.2, 0.25) is 0 Å². The van der Waals surface area contributed by atoms with Gasteiger partial charge in [-0.05, 0) is 24.3 Å². The minimum Gasteiger partial charge on any atom is -0.334 e. The number of aromatic amines is 2. The quantitative estimate of drug-likeness (QED) is 0.534. The maximum Gasteiger partial charge on any atom is 0.263 e. The minimum absolute atomic E-state index is 0.206. The first kappa shape index (κ1) is 10.8. The van der Waals surface area contributed by atoms with Crippen molar-refractivity contribution in [3.63, 3.8) is 0 Å². The van der Waals surface area contributed by atoms with E-state index in [4.69, 9.17) is 0 Å². The van der Waals surface area contributed by atoms with Crippen LogP contribution < -0.4 is 0 Å². The topological polar surface area (TPSA) is 100 Å². The maximum atomic E-state index is 12.3. The molecule has 0 radical (unpaired) electrons. The molecule has 4 heterocycles. The Balaban J connectivity index is 1.82. The van der Waals surface area contributed by atoms with E-state index < -0.39 is 0 Å². The number of ketones is 1. The number of rotatable bonds is 2. The van der Waals surface area contributed by atoms with Crippen LogP contribution in [0.1, 0.15) is 16.4 Å². The van der Waals surface area contributed by atoms with E-state index in [1.807, 2.05) is 12.1 Å². The van der Waals surface area contributed by atoms with Crippen molar-refractivity contribution < 1.29 is 4.79 Å². The number of hydrogen-bond acceptors (Lipinski definition) is 5. The number of fused-ring (bicyclic) bond motifs is 2. The average molecular weight is 264 g/mol. The van der Waals surface area contributed by atoms with E-state index in [1.54, 1.807) is 24.5 Å². The number of imidazole rings is 2. The second-order valence-electron chi connectivity index (χ2n) is 4.25. The Bertz CT molecular complexity index is 796. The zero-order chi connectivity index (χ0) is 13.5. The highest BCUT2D eigenvalue weighted by molar-refractivity contribution is 6.06.